The van der Waals surface area contributed by atoms with Crippen molar-refractivity contribution in [1.29, 1.82) is 0 Å². The quantitative estimate of drug-likeness (QED) is 0.811. The molecule has 0 unspecified atom stereocenters. The van der Waals surface area contributed by atoms with Gasteiger partial charge in [-0.3, -0.25) is 0 Å². The first-order chi connectivity index (χ1) is 10.2. The maximum Gasteiger partial charge on any atom is 0.127 e. The van der Waals surface area contributed by atoms with Crippen molar-refractivity contribution in [1.82, 2.24) is 0 Å². The van der Waals surface area contributed by atoms with Gasteiger partial charge in [-0.1, -0.05) is 25.5 Å². The molecule has 2 fully saturated rings. The normalized spacial score (nSPS) is 33.8. The van der Waals surface area contributed by atoms with Crippen molar-refractivity contribution in [3.05, 3.63) is 35.6 Å². The van der Waals surface area contributed by atoms with Crippen LogP contribution < -0.4 is 9.80 Å². The van der Waals surface area contributed by atoms with Crippen LogP contribution in [-0.4, -0.2) is 32.2 Å². The Morgan fingerprint density at radius 1 is 1.14 bits per heavy atom. The molecule has 0 aromatic heterocycles. The molecule has 1 saturated carbocycles. The van der Waals surface area contributed by atoms with Gasteiger partial charge in [0.05, 0.1) is 6.04 Å². The zero-order chi connectivity index (χ0) is 14.7. The summed E-state index contributed by atoms with van der Waals surface area (Å²) in [5.74, 6) is 0.821. The van der Waals surface area contributed by atoms with Crippen molar-refractivity contribution >= 4 is 0 Å². The van der Waals surface area contributed by atoms with E-state index in [-0.39, 0.29) is 5.82 Å². The molecule has 3 heteroatoms. The van der Waals surface area contributed by atoms with Gasteiger partial charge in [0.1, 0.15) is 38.5 Å². The predicted octanol–water partition coefficient (Wildman–Crippen LogP) is 0.688. The van der Waals surface area contributed by atoms with Crippen LogP contribution in [0.2, 0.25) is 0 Å². The van der Waals surface area contributed by atoms with Crippen molar-refractivity contribution in [2.24, 2.45) is 5.92 Å². The minimum absolute atomic E-state index is 0.104. The van der Waals surface area contributed by atoms with Crippen molar-refractivity contribution in [2.75, 3.05) is 26.2 Å². The first kappa shape index (κ1) is 15.0. The smallest absolute Gasteiger partial charge is 0.127 e. The van der Waals surface area contributed by atoms with E-state index in [0.29, 0.717) is 0 Å². The lowest BCUT2D eigenvalue weighted by Gasteiger charge is -2.37. The van der Waals surface area contributed by atoms with Crippen molar-refractivity contribution in [2.45, 2.75) is 45.2 Å². The number of quaternary nitrogens is 2. The second-order valence-corrected chi connectivity index (χ2v) is 7.18. The molecule has 1 saturated heterocycles. The van der Waals surface area contributed by atoms with Gasteiger partial charge in [-0.25, -0.2) is 4.39 Å². The van der Waals surface area contributed by atoms with Crippen molar-refractivity contribution in [3.8, 4) is 0 Å². The van der Waals surface area contributed by atoms with Crippen LogP contribution in [0.5, 0.6) is 0 Å². The summed E-state index contributed by atoms with van der Waals surface area (Å²) in [5, 5.41) is 0. The largest absolute Gasteiger partial charge is 0.323 e. The molecule has 1 aliphatic carbocycles. The summed E-state index contributed by atoms with van der Waals surface area (Å²) in [7, 11) is 0. The second kappa shape index (κ2) is 6.89. The Labute approximate surface area is 127 Å². The van der Waals surface area contributed by atoms with E-state index in [1.165, 1.54) is 57.9 Å². The number of hydrogen-bond acceptors (Lipinski definition) is 0. The molecule has 2 N–H and O–H groups in total. The van der Waals surface area contributed by atoms with Gasteiger partial charge in [0.2, 0.25) is 0 Å². The van der Waals surface area contributed by atoms with Gasteiger partial charge in [0.25, 0.3) is 0 Å². The van der Waals surface area contributed by atoms with Crippen LogP contribution in [0, 0.1) is 11.7 Å². The topological polar surface area (TPSA) is 8.88 Å². The maximum absolute atomic E-state index is 13.2. The molecule has 1 heterocycles. The number of nitrogens with one attached hydrogen (secondary N) is 2. The highest BCUT2D eigenvalue weighted by Crippen LogP contribution is 2.21. The summed E-state index contributed by atoms with van der Waals surface area (Å²) in [4.78, 5) is 3.46. The Balaban J connectivity index is 1.48. The van der Waals surface area contributed by atoms with Crippen LogP contribution in [0.15, 0.2) is 24.3 Å². The van der Waals surface area contributed by atoms with E-state index in [1.807, 2.05) is 11.0 Å². The van der Waals surface area contributed by atoms with Gasteiger partial charge in [-0.2, -0.15) is 0 Å². The lowest BCUT2D eigenvalue weighted by molar-refractivity contribution is -1.03. The van der Waals surface area contributed by atoms with E-state index in [1.54, 1.807) is 11.0 Å². The molecule has 1 aromatic rings. The number of rotatable bonds is 3. The Bertz CT molecular complexity index is 454. The summed E-state index contributed by atoms with van der Waals surface area (Å²) in [6.07, 6.45) is 5.71. The van der Waals surface area contributed by atoms with E-state index < -0.39 is 0 Å². The Hall–Kier alpha value is -0.930. The predicted molar refractivity (Wildman–Crippen MR) is 82.9 cm³/mol. The molecule has 0 bridgehead atoms. The Morgan fingerprint density at radius 3 is 2.67 bits per heavy atom. The zero-order valence-corrected chi connectivity index (χ0v) is 13.2. The third-order valence-electron chi connectivity index (χ3n) is 5.46. The summed E-state index contributed by atoms with van der Waals surface area (Å²) in [5.41, 5.74) is 1.14. The highest BCUT2D eigenvalue weighted by atomic mass is 19.1. The van der Waals surface area contributed by atoms with Crippen LogP contribution in [0.25, 0.3) is 0 Å². The van der Waals surface area contributed by atoms with E-state index in [0.717, 1.165) is 24.1 Å². The van der Waals surface area contributed by atoms with E-state index in [9.17, 15) is 4.39 Å². The standard InChI is InChI=1S/C18H27FN2/c1-15-4-2-7-18(12-15)21-10-8-20(9-11-21)14-16-5-3-6-17(19)13-16/h3,5-6,13,15,18H,2,4,7-12,14H2,1H3/p+2/t15-,18-/m1/s1. The molecular formula is C18H29FN2+2. The summed E-state index contributed by atoms with van der Waals surface area (Å²) in [6, 6.07) is 8.01. The molecule has 0 amide bonds. The van der Waals surface area contributed by atoms with Gasteiger partial charge in [-0.05, 0) is 30.9 Å². The fourth-order valence-corrected chi connectivity index (χ4v) is 4.25. The number of benzene rings is 1. The van der Waals surface area contributed by atoms with Gasteiger partial charge < -0.3 is 9.80 Å². The minimum atomic E-state index is -0.104. The SMILES string of the molecule is C[C@@H]1CCC[C@@H]([NH+]2CC[NH+](Cc3cccc(F)c3)CC2)C1. The fourth-order valence-electron chi connectivity index (χ4n) is 4.25. The highest BCUT2D eigenvalue weighted by molar-refractivity contribution is 5.14. The summed E-state index contributed by atoms with van der Waals surface area (Å²) in [6.45, 7) is 8.45. The molecule has 3 rings (SSSR count). The first-order valence-corrected chi connectivity index (χ1v) is 8.63. The Morgan fingerprint density at radius 2 is 1.95 bits per heavy atom. The number of halogens is 1. The van der Waals surface area contributed by atoms with Crippen LogP contribution >= 0.6 is 0 Å². The monoisotopic (exact) mass is 292 g/mol. The van der Waals surface area contributed by atoms with Crippen molar-refractivity contribution in [3.63, 3.8) is 0 Å². The van der Waals surface area contributed by atoms with Gasteiger partial charge >= 0.3 is 0 Å². The van der Waals surface area contributed by atoms with E-state index in [2.05, 4.69) is 13.0 Å². The number of piperazine rings is 1. The molecule has 0 spiro atoms. The highest BCUT2D eigenvalue weighted by Gasteiger charge is 2.32. The minimum Gasteiger partial charge on any atom is -0.323 e. The van der Waals surface area contributed by atoms with Gasteiger partial charge in [0, 0.05) is 12.0 Å². The van der Waals surface area contributed by atoms with Crippen molar-refractivity contribution < 1.29 is 14.2 Å². The number of hydrogen-bond donors (Lipinski definition) is 2. The van der Waals surface area contributed by atoms with E-state index >= 15 is 0 Å². The third kappa shape index (κ3) is 4.04. The average molecular weight is 292 g/mol. The molecule has 21 heavy (non-hydrogen) atoms. The lowest BCUT2D eigenvalue weighted by atomic mass is 9.86. The summed E-state index contributed by atoms with van der Waals surface area (Å²) >= 11 is 0. The van der Waals surface area contributed by atoms with E-state index in [4.69, 9.17) is 0 Å². The average Bonchev–Trinajstić information content (AvgIpc) is 2.48. The zero-order valence-electron chi connectivity index (χ0n) is 13.2. The molecule has 2 aliphatic rings. The summed E-state index contributed by atoms with van der Waals surface area (Å²) < 4.78 is 13.2. The van der Waals surface area contributed by atoms with Gasteiger partial charge in [0.15, 0.2) is 0 Å². The fraction of sp³-hybridized carbons (Fsp3) is 0.667. The van der Waals surface area contributed by atoms with Crippen LogP contribution in [-0.2, 0) is 6.54 Å². The molecule has 1 aromatic carbocycles. The molecule has 2 nitrogen and oxygen atoms in total. The molecule has 0 radical (unpaired) electrons. The third-order valence-corrected chi connectivity index (χ3v) is 5.46. The lowest BCUT2D eigenvalue weighted by Crippen LogP contribution is -3.29. The first-order valence-electron chi connectivity index (χ1n) is 8.63. The molecule has 116 valence electrons. The Kier molecular flexibility index (Phi) is 4.91. The van der Waals surface area contributed by atoms with Crippen LogP contribution in [0.4, 0.5) is 4.39 Å². The van der Waals surface area contributed by atoms with Gasteiger partial charge in [-0.15, -0.1) is 0 Å². The molecule has 1 aliphatic heterocycles. The maximum atomic E-state index is 13.2. The molecule has 2 atom stereocenters. The molecular weight excluding hydrogens is 263 g/mol. The van der Waals surface area contributed by atoms with Crippen LogP contribution in [0.3, 0.4) is 0 Å². The second-order valence-electron chi connectivity index (χ2n) is 7.18. The van der Waals surface area contributed by atoms with Crippen LogP contribution in [0.1, 0.15) is 38.2 Å².